The average molecular weight is 250 g/mol. The Morgan fingerprint density at radius 1 is 1.22 bits per heavy atom. The Kier molecular flexibility index (Phi) is 4.99. The number of methoxy groups -OCH3 is 2. The van der Waals surface area contributed by atoms with Crippen LogP contribution in [-0.2, 0) is 17.9 Å². The predicted molar refractivity (Wildman–Crippen MR) is 71.9 cm³/mol. The maximum Gasteiger partial charge on any atom is 0.123 e. The van der Waals surface area contributed by atoms with Gasteiger partial charge in [0.2, 0.25) is 0 Å². The minimum Gasteiger partial charge on any atom is -0.496 e. The Morgan fingerprint density at radius 2 is 2.00 bits per heavy atom. The number of benzene rings is 1. The highest BCUT2D eigenvalue weighted by molar-refractivity contribution is 5.40. The third-order valence-corrected chi connectivity index (χ3v) is 3.34. The maximum absolute atomic E-state index is 5.48. The van der Waals surface area contributed by atoms with Gasteiger partial charge < -0.3 is 14.8 Å². The van der Waals surface area contributed by atoms with Crippen molar-refractivity contribution in [1.82, 2.24) is 10.2 Å². The standard InChI is InChI=1S/C14H22N2O2/c1-17-11-12-4-3-5-14(18-2)13(12)10-16-8-6-15-7-9-16/h3-5,15H,6-11H2,1-2H3. The molecule has 0 bridgehead atoms. The fourth-order valence-corrected chi connectivity index (χ4v) is 2.37. The van der Waals surface area contributed by atoms with Crippen molar-refractivity contribution in [3.63, 3.8) is 0 Å². The van der Waals surface area contributed by atoms with E-state index in [0.717, 1.165) is 38.5 Å². The van der Waals surface area contributed by atoms with Gasteiger partial charge in [-0.25, -0.2) is 0 Å². The van der Waals surface area contributed by atoms with Crippen LogP contribution in [0.5, 0.6) is 5.75 Å². The molecule has 0 amide bonds. The van der Waals surface area contributed by atoms with Gasteiger partial charge in [-0.2, -0.15) is 0 Å². The normalized spacial score (nSPS) is 16.8. The summed E-state index contributed by atoms with van der Waals surface area (Å²) >= 11 is 0. The molecule has 18 heavy (non-hydrogen) atoms. The molecule has 0 spiro atoms. The van der Waals surface area contributed by atoms with Crippen molar-refractivity contribution >= 4 is 0 Å². The molecule has 1 fully saturated rings. The molecule has 1 aliphatic rings. The van der Waals surface area contributed by atoms with Crippen molar-refractivity contribution in [2.75, 3.05) is 40.4 Å². The summed E-state index contributed by atoms with van der Waals surface area (Å²) in [7, 11) is 3.46. The van der Waals surface area contributed by atoms with E-state index in [4.69, 9.17) is 9.47 Å². The molecule has 0 radical (unpaired) electrons. The first-order chi connectivity index (χ1) is 8.85. The molecule has 1 aromatic carbocycles. The van der Waals surface area contributed by atoms with Gasteiger partial charge in [0.15, 0.2) is 0 Å². The van der Waals surface area contributed by atoms with Crippen LogP contribution in [0.15, 0.2) is 18.2 Å². The summed E-state index contributed by atoms with van der Waals surface area (Å²) in [5, 5.41) is 3.37. The molecular weight excluding hydrogens is 228 g/mol. The number of piperazine rings is 1. The molecule has 1 heterocycles. The van der Waals surface area contributed by atoms with Gasteiger partial charge in [-0.05, 0) is 11.6 Å². The second-order valence-electron chi connectivity index (χ2n) is 4.56. The van der Waals surface area contributed by atoms with Gasteiger partial charge in [-0.15, -0.1) is 0 Å². The van der Waals surface area contributed by atoms with E-state index in [2.05, 4.69) is 16.3 Å². The molecule has 2 rings (SSSR count). The van der Waals surface area contributed by atoms with Crippen molar-refractivity contribution in [2.45, 2.75) is 13.2 Å². The summed E-state index contributed by atoms with van der Waals surface area (Å²) in [6, 6.07) is 6.16. The van der Waals surface area contributed by atoms with E-state index < -0.39 is 0 Å². The van der Waals surface area contributed by atoms with E-state index in [1.165, 1.54) is 11.1 Å². The lowest BCUT2D eigenvalue weighted by atomic mass is 10.1. The third-order valence-electron chi connectivity index (χ3n) is 3.34. The molecular formula is C14H22N2O2. The zero-order chi connectivity index (χ0) is 12.8. The maximum atomic E-state index is 5.48. The summed E-state index contributed by atoms with van der Waals surface area (Å²) in [6.07, 6.45) is 0. The molecule has 0 aliphatic carbocycles. The van der Waals surface area contributed by atoms with Crippen molar-refractivity contribution in [3.8, 4) is 5.75 Å². The van der Waals surface area contributed by atoms with Crippen molar-refractivity contribution < 1.29 is 9.47 Å². The minimum atomic E-state index is 0.638. The van der Waals surface area contributed by atoms with Crippen LogP contribution in [0.25, 0.3) is 0 Å². The number of hydrogen-bond donors (Lipinski definition) is 1. The number of nitrogens with zero attached hydrogens (tertiary/aromatic N) is 1. The Balaban J connectivity index is 2.16. The molecule has 100 valence electrons. The van der Waals surface area contributed by atoms with E-state index in [-0.39, 0.29) is 0 Å². The van der Waals surface area contributed by atoms with Gasteiger partial charge in [-0.1, -0.05) is 12.1 Å². The zero-order valence-electron chi connectivity index (χ0n) is 11.2. The van der Waals surface area contributed by atoms with E-state index >= 15 is 0 Å². The van der Waals surface area contributed by atoms with E-state index in [0.29, 0.717) is 6.61 Å². The second-order valence-corrected chi connectivity index (χ2v) is 4.56. The van der Waals surface area contributed by atoms with Crippen molar-refractivity contribution in [3.05, 3.63) is 29.3 Å². The van der Waals surface area contributed by atoms with Gasteiger partial charge >= 0.3 is 0 Å². The van der Waals surface area contributed by atoms with E-state index in [1.54, 1.807) is 14.2 Å². The Hall–Kier alpha value is -1.10. The van der Waals surface area contributed by atoms with Crippen LogP contribution in [0.3, 0.4) is 0 Å². The molecule has 0 unspecified atom stereocenters. The van der Waals surface area contributed by atoms with Crippen LogP contribution in [0.1, 0.15) is 11.1 Å². The van der Waals surface area contributed by atoms with Gasteiger partial charge in [0.05, 0.1) is 13.7 Å². The SMILES string of the molecule is COCc1cccc(OC)c1CN1CCNCC1. The van der Waals surface area contributed by atoms with Crippen LogP contribution in [0.2, 0.25) is 0 Å². The Morgan fingerprint density at radius 3 is 2.67 bits per heavy atom. The van der Waals surface area contributed by atoms with E-state index in [1.807, 2.05) is 12.1 Å². The minimum absolute atomic E-state index is 0.638. The molecule has 1 aromatic rings. The van der Waals surface area contributed by atoms with Gasteiger partial charge in [0, 0.05) is 45.4 Å². The van der Waals surface area contributed by atoms with Crippen LogP contribution >= 0.6 is 0 Å². The van der Waals surface area contributed by atoms with Gasteiger partial charge in [-0.3, -0.25) is 4.90 Å². The van der Waals surface area contributed by atoms with Gasteiger partial charge in [0.1, 0.15) is 5.75 Å². The summed E-state index contributed by atoms with van der Waals surface area (Å²) in [6.45, 7) is 5.88. The van der Waals surface area contributed by atoms with E-state index in [9.17, 15) is 0 Å². The number of nitrogens with one attached hydrogen (secondary N) is 1. The van der Waals surface area contributed by atoms with Crippen LogP contribution in [-0.4, -0.2) is 45.3 Å². The van der Waals surface area contributed by atoms with Crippen LogP contribution in [0.4, 0.5) is 0 Å². The predicted octanol–water partition coefficient (Wildman–Crippen LogP) is 1.25. The Labute approximate surface area is 109 Å². The van der Waals surface area contributed by atoms with Crippen molar-refractivity contribution in [2.24, 2.45) is 0 Å². The fourth-order valence-electron chi connectivity index (χ4n) is 2.37. The summed E-state index contributed by atoms with van der Waals surface area (Å²) in [4.78, 5) is 2.45. The molecule has 1 saturated heterocycles. The molecule has 4 heteroatoms. The number of rotatable bonds is 5. The first-order valence-electron chi connectivity index (χ1n) is 6.42. The van der Waals surface area contributed by atoms with Crippen LogP contribution in [0, 0.1) is 0 Å². The fraction of sp³-hybridized carbons (Fsp3) is 0.571. The Bertz CT molecular complexity index is 376. The zero-order valence-corrected chi connectivity index (χ0v) is 11.2. The third kappa shape index (κ3) is 3.22. The highest BCUT2D eigenvalue weighted by Gasteiger charge is 2.15. The monoisotopic (exact) mass is 250 g/mol. The highest BCUT2D eigenvalue weighted by Crippen LogP contribution is 2.24. The van der Waals surface area contributed by atoms with Crippen molar-refractivity contribution in [1.29, 1.82) is 0 Å². The first kappa shape index (κ1) is 13.3. The van der Waals surface area contributed by atoms with Crippen LogP contribution < -0.4 is 10.1 Å². The lowest BCUT2D eigenvalue weighted by Gasteiger charge is -2.28. The lowest BCUT2D eigenvalue weighted by molar-refractivity contribution is 0.180. The summed E-state index contributed by atoms with van der Waals surface area (Å²) in [5.41, 5.74) is 2.47. The average Bonchev–Trinajstić information content (AvgIpc) is 2.42. The molecule has 0 atom stereocenters. The largest absolute Gasteiger partial charge is 0.496 e. The first-order valence-corrected chi connectivity index (χ1v) is 6.42. The quantitative estimate of drug-likeness (QED) is 0.852. The summed E-state index contributed by atoms with van der Waals surface area (Å²) in [5.74, 6) is 0.961. The molecule has 1 N–H and O–H groups in total. The number of hydrogen-bond acceptors (Lipinski definition) is 4. The molecule has 4 nitrogen and oxygen atoms in total. The van der Waals surface area contributed by atoms with Gasteiger partial charge in [0.25, 0.3) is 0 Å². The second kappa shape index (κ2) is 6.73. The molecule has 1 aliphatic heterocycles. The smallest absolute Gasteiger partial charge is 0.123 e. The highest BCUT2D eigenvalue weighted by atomic mass is 16.5. The molecule has 0 saturated carbocycles. The molecule has 0 aromatic heterocycles. The topological polar surface area (TPSA) is 33.7 Å². The lowest BCUT2D eigenvalue weighted by Crippen LogP contribution is -2.43. The number of ether oxygens (including phenoxy) is 2. The summed E-state index contributed by atoms with van der Waals surface area (Å²) < 4.78 is 10.7.